The van der Waals surface area contributed by atoms with Crippen LogP contribution in [0, 0.1) is 16.7 Å². The maximum atomic E-state index is 13.9. The molecule has 1 aliphatic carbocycles. The number of nitrogens with one attached hydrogen (secondary N) is 1. The molecule has 7 nitrogen and oxygen atoms in total. The van der Waals surface area contributed by atoms with Crippen LogP contribution in [0.15, 0.2) is 24.3 Å². The summed E-state index contributed by atoms with van der Waals surface area (Å²) in [5, 5.41) is 12.0. The monoisotopic (exact) mass is 460 g/mol. The number of hydrogen-bond acceptors (Lipinski definition) is 5. The first-order valence-electron chi connectivity index (χ1n) is 11.4. The molecule has 1 N–H and O–H groups in total. The summed E-state index contributed by atoms with van der Waals surface area (Å²) in [7, 11) is 1.59. The number of amides is 2. The Morgan fingerprint density at radius 1 is 1.18 bits per heavy atom. The van der Waals surface area contributed by atoms with E-state index in [9.17, 15) is 23.6 Å². The Balaban J connectivity index is 1.43. The van der Waals surface area contributed by atoms with Gasteiger partial charge < -0.3 is 15.0 Å². The lowest BCUT2D eigenvalue weighted by Crippen LogP contribution is -2.55. The summed E-state index contributed by atoms with van der Waals surface area (Å²) in [6.07, 6.45) is 2.21. The third-order valence-corrected chi connectivity index (χ3v) is 7.27. The zero-order valence-electron chi connectivity index (χ0n) is 19.1. The number of nitrogens with zero attached hydrogens (tertiary/aromatic N) is 3. The molecule has 1 spiro atoms. The van der Waals surface area contributed by atoms with Crippen molar-refractivity contribution in [3.05, 3.63) is 24.3 Å². The third kappa shape index (κ3) is 4.81. The standard InChI is InChI=1S/C24H30F2N4O3/c1-22(25,26)15-19(20(31)28-24(16-27)7-8-24)29-12-9-23(10-13-29)11-14-30(21(23)32)17-3-5-18(33-2)6-4-17/h3-6,19H,7-15H2,1-2H3,(H,28,31)/t19-/m0/s1. The lowest BCUT2D eigenvalue weighted by Gasteiger charge is -2.41. The number of methoxy groups -OCH3 is 1. The lowest BCUT2D eigenvalue weighted by atomic mass is 9.76. The Morgan fingerprint density at radius 2 is 1.79 bits per heavy atom. The van der Waals surface area contributed by atoms with E-state index < -0.39 is 35.2 Å². The molecular weight excluding hydrogens is 430 g/mol. The van der Waals surface area contributed by atoms with Crippen molar-refractivity contribution in [3.8, 4) is 11.8 Å². The van der Waals surface area contributed by atoms with E-state index >= 15 is 0 Å². The van der Waals surface area contributed by atoms with Crippen molar-refractivity contribution in [1.82, 2.24) is 10.2 Å². The van der Waals surface area contributed by atoms with Crippen LogP contribution in [0.3, 0.4) is 0 Å². The summed E-state index contributed by atoms with van der Waals surface area (Å²) < 4.78 is 33.0. The van der Waals surface area contributed by atoms with Crippen LogP contribution in [0.4, 0.5) is 14.5 Å². The molecule has 1 saturated carbocycles. The van der Waals surface area contributed by atoms with Crippen LogP contribution in [0.2, 0.25) is 0 Å². The van der Waals surface area contributed by atoms with E-state index in [2.05, 4.69) is 11.4 Å². The lowest BCUT2D eigenvalue weighted by molar-refractivity contribution is -0.134. The van der Waals surface area contributed by atoms with Gasteiger partial charge in [-0.1, -0.05) is 0 Å². The number of rotatable bonds is 7. The van der Waals surface area contributed by atoms with E-state index in [-0.39, 0.29) is 5.91 Å². The minimum Gasteiger partial charge on any atom is -0.497 e. The fraction of sp³-hybridized carbons (Fsp3) is 0.625. The second-order valence-corrected chi connectivity index (χ2v) is 9.69. The van der Waals surface area contributed by atoms with Crippen molar-refractivity contribution < 1.29 is 23.1 Å². The van der Waals surface area contributed by atoms with Gasteiger partial charge in [-0.05, 0) is 76.4 Å². The second kappa shape index (κ2) is 8.56. The summed E-state index contributed by atoms with van der Waals surface area (Å²) in [5.41, 5.74) is -0.624. The van der Waals surface area contributed by atoms with Gasteiger partial charge in [-0.15, -0.1) is 0 Å². The number of alkyl halides is 2. The number of likely N-dealkylation sites (tertiary alicyclic amines) is 1. The molecule has 3 fully saturated rings. The predicted molar refractivity (Wildman–Crippen MR) is 118 cm³/mol. The average Bonchev–Trinajstić information content (AvgIpc) is 3.50. The highest BCUT2D eigenvalue weighted by Crippen LogP contribution is 2.44. The molecule has 0 bridgehead atoms. The molecule has 0 unspecified atom stereocenters. The van der Waals surface area contributed by atoms with Gasteiger partial charge in [0.25, 0.3) is 0 Å². The van der Waals surface area contributed by atoms with E-state index in [0.717, 1.165) is 18.4 Å². The number of carbonyl (C=O) groups excluding carboxylic acids is 2. The van der Waals surface area contributed by atoms with Gasteiger partial charge in [-0.25, -0.2) is 8.78 Å². The zero-order chi connectivity index (χ0) is 23.9. The minimum atomic E-state index is -3.02. The number of benzene rings is 1. The van der Waals surface area contributed by atoms with E-state index in [1.165, 1.54) is 0 Å². The Kier molecular flexibility index (Phi) is 6.08. The van der Waals surface area contributed by atoms with Crippen molar-refractivity contribution in [2.75, 3.05) is 31.6 Å². The molecule has 2 heterocycles. The number of anilines is 1. The van der Waals surface area contributed by atoms with E-state index in [4.69, 9.17) is 4.74 Å². The first-order valence-corrected chi connectivity index (χ1v) is 11.4. The topological polar surface area (TPSA) is 85.7 Å². The Labute approximate surface area is 192 Å². The van der Waals surface area contributed by atoms with Gasteiger partial charge in [-0.2, -0.15) is 5.26 Å². The quantitative estimate of drug-likeness (QED) is 0.676. The maximum absolute atomic E-state index is 13.9. The second-order valence-electron chi connectivity index (χ2n) is 9.69. The summed E-state index contributed by atoms with van der Waals surface area (Å²) in [6.45, 7) is 2.18. The van der Waals surface area contributed by atoms with Gasteiger partial charge in [0.2, 0.25) is 17.7 Å². The van der Waals surface area contributed by atoms with Gasteiger partial charge in [0.05, 0.1) is 24.6 Å². The molecular formula is C24H30F2N4O3. The van der Waals surface area contributed by atoms with Crippen LogP contribution in [0.25, 0.3) is 0 Å². The van der Waals surface area contributed by atoms with Crippen LogP contribution < -0.4 is 15.0 Å². The summed E-state index contributed by atoms with van der Waals surface area (Å²) >= 11 is 0. The molecule has 178 valence electrons. The van der Waals surface area contributed by atoms with Crippen LogP contribution >= 0.6 is 0 Å². The number of piperidine rings is 1. The maximum Gasteiger partial charge on any atom is 0.247 e. The molecule has 2 amide bonds. The minimum absolute atomic E-state index is 0.0514. The van der Waals surface area contributed by atoms with Crippen molar-refractivity contribution in [2.45, 2.75) is 63.0 Å². The molecule has 0 radical (unpaired) electrons. The largest absolute Gasteiger partial charge is 0.497 e. The summed E-state index contributed by atoms with van der Waals surface area (Å²) in [6, 6.07) is 8.41. The first kappa shape index (κ1) is 23.4. The average molecular weight is 461 g/mol. The molecule has 1 atom stereocenters. The zero-order valence-corrected chi connectivity index (χ0v) is 19.1. The summed E-state index contributed by atoms with van der Waals surface area (Å²) in [4.78, 5) is 29.8. The number of carbonyl (C=O) groups is 2. The molecule has 9 heteroatoms. The van der Waals surface area contributed by atoms with Gasteiger partial charge in [-0.3, -0.25) is 14.5 Å². The van der Waals surface area contributed by atoms with Crippen LogP contribution in [-0.4, -0.2) is 61.0 Å². The highest BCUT2D eigenvalue weighted by Gasteiger charge is 2.51. The molecule has 2 aliphatic heterocycles. The molecule has 3 aliphatic rings. The third-order valence-electron chi connectivity index (χ3n) is 7.27. The van der Waals surface area contributed by atoms with Gasteiger partial charge >= 0.3 is 0 Å². The number of nitriles is 1. The van der Waals surface area contributed by atoms with Crippen molar-refractivity contribution in [2.24, 2.45) is 5.41 Å². The number of ether oxygens (including phenoxy) is 1. The molecule has 1 aromatic rings. The van der Waals surface area contributed by atoms with Crippen LogP contribution in [0.1, 0.15) is 45.4 Å². The molecule has 0 aromatic heterocycles. The van der Waals surface area contributed by atoms with Gasteiger partial charge in [0.1, 0.15) is 11.3 Å². The molecule has 1 aromatic carbocycles. The summed E-state index contributed by atoms with van der Waals surface area (Å²) in [5.74, 6) is -2.77. The van der Waals surface area contributed by atoms with Gasteiger partial charge in [0, 0.05) is 18.7 Å². The molecule has 33 heavy (non-hydrogen) atoms. The van der Waals surface area contributed by atoms with E-state index in [1.54, 1.807) is 16.9 Å². The Hall–Kier alpha value is -2.73. The number of hydrogen-bond donors (Lipinski definition) is 1. The van der Waals surface area contributed by atoms with E-state index in [1.807, 2.05) is 24.3 Å². The Morgan fingerprint density at radius 3 is 2.30 bits per heavy atom. The van der Waals surface area contributed by atoms with Crippen LogP contribution in [0.5, 0.6) is 5.75 Å². The predicted octanol–water partition coefficient (Wildman–Crippen LogP) is 3.10. The number of halogens is 2. The van der Waals surface area contributed by atoms with E-state index in [0.29, 0.717) is 51.7 Å². The fourth-order valence-corrected chi connectivity index (χ4v) is 4.99. The van der Waals surface area contributed by atoms with Gasteiger partial charge in [0.15, 0.2) is 0 Å². The Bertz CT molecular complexity index is 942. The van der Waals surface area contributed by atoms with Crippen LogP contribution in [-0.2, 0) is 9.59 Å². The van der Waals surface area contributed by atoms with Crippen molar-refractivity contribution >= 4 is 17.5 Å². The van der Waals surface area contributed by atoms with Crippen molar-refractivity contribution in [1.29, 1.82) is 5.26 Å². The fourth-order valence-electron chi connectivity index (χ4n) is 4.99. The highest BCUT2D eigenvalue weighted by molar-refractivity contribution is 6.00. The molecule has 4 rings (SSSR count). The smallest absolute Gasteiger partial charge is 0.247 e. The normalized spacial score (nSPS) is 22.6. The highest BCUT2D eigenvalue weighted by atomic mass is 19.3. The van der Waals surface area contributed by atoms with Crippen molar-refractivity contribution in [3.63, 3.8) is 0 Å². The molecule has 2 saturated heterocycles. The SMILES string of the molecule is COc1ccc(N2CCC3(CCN([C@@H](CC(C)(F)F)C(=O)NC4(C#N)CC4)CC3)C2=O)cc1. The first-order chi connectivity index (χ1) is 15.6.